The lowest BCUT2D eigenvalue weighted by Crippen LogP contribution is -2.12. The lowest BCUT2D eigenvalue weighted by Gasteiger charge is -2.09. The largest absolute Gasteiger partial charge is 0.496 e. The van der Waals surface area contributed by atoms with E-state index in [9.17, 15) is 13.6 Å². The third-order valence-electron chi connectivity index (χ3n) is 2.99. The maximum absolute atomic E-state index is 12.4. The smallest absolute Gasteiger partial charge is 0.288 e. The normalized spacial score (nSPS) is 10.6. The van der Waals surface area contributed by atoms with E-state index in [1.807, 2.05) is 6.92 Å². The van der Waals surface area contributed by atoms with Gasteiger partial charge in [0.15, 0.2) is 0 Å². The van der Waals surface area contributed by atoms with Crippen molar-refractivity contribution in [3.8, 4) is 5.75 Å². The van der Waals surface area contributed by atoms with Crippen molar-refractivity contribution in [2.75, 3.05) is 12.4 Å². The van der Waals surface area contributed by atoms with Crippen LogP contribution in [-0.4, -0.2) is 18.8 Å². The second-order valence-electron chi connectivity index (χ2n) is 4.54. The minimum atomic E-state index is -2.49. The molecule has 6 heteroatoms. The molecular weight excluding hydrogens is 308 g/mol. The SMILES string of the molecule is COc1cc(C(=O)Nc2cccc(SC(F)F)c2)ccc1C. The lowest BCUT2D eigenvalue weighted by atomic mass is 10.1. The van der Waals surface area contributed by atoms with Crippen molar-refractivity contribution in [3.05, 3.63) is 53.6 Å². The third kappa shape index (κ3) is 4.21. The van der Waals surface area contributed by atoms with Crippen LogP contribution in [0.25, 0.3) is 0 Å². The van der Waals surface area contributed by atoms with Crippen LogP contribution >= 0.6 is 11.8 Å². The summed E-state index contributed by atoms with van der Waals surface area (Å²) in [5, 5.41) is 2.69. The van der Waals surface area contributed by atoms with E-state index in [0.717, 1.165) is 5.56 Å². The van der Waals surface area contributed by atoms with E-state index in [1.54, 1.807) is 36.4 Å². The van der Waals surface area contributed by atoms with Crippen LogP contribution in [0.1, 0.15) is 15.9 Å². The summed E-state index contributed by atoms with van der Waals surface area (Å²) in [6.45, 7) is 1.88. The van der Waals surface area contributed by atoms with Gasteiger partial charge in [0.2, 0.25) is 0 Å². The summed E-state index contributed by atoms with van der Waals surface area (Å²) < 4.78 is 29.9. The number of nitrogens with one attached hydrogen (secondary N) is 1. The highest BCUT2D eigenvalue weighted by molar-refractivity contribution is 7.99. The predicted octanol–water partition coefficient (Wildman–Crippen LogP) is 4.57. The van der Waals surface area contributed by atoms with Crippen molar-refractivity contribution in [1.29, 1.82) is 0 Å². The molecular formula is C16H15F2NO2S. The second-order valence-corrected chi connectivity index (χ2v) is 5.61. The van der Waals surface area contributed by atoms with Gasteiger partial charge in [-0.15, -0.1) is 0 Å². The van der Waals surface area contributed by atoms with Crippen LogP contribution in [0.3, 0.4) is 0 Å². The van der Waals surface area contributed by atoms with Crippen molar-refractivity contribution in [3.63, 3.8) is 0 Å². The van der Waals surface area contributed by atoms with Crippen LogP contribution in [-0.2, 0) is 0 Å². The van der Waals surface area contributed by atoms with Crippen LogP contribution in [0.15, 0.2) is 47.4 Å². The molecule has 0 aliphatic heterocycles. The minimum Gasteiger partial charge on any atom is -0.496 e. The Morgan fingerprint density at radius 1 is 1.23 bits per heavy atom. The molecule has 0 spiro atoms. The molecule has 3 nitrogen and oxygen atoms in total. The number of rotatable bonds is 5. The molecule has 2 aromatic rings. The number of methoxy groups -OCH3 is 1. The number of halogens is 2. The van der Waals surface area contributed by atoms with Crippen LogP contribution in [0, 0.1) is 6.92 Å². The Balaban J connectivity index is 2.15. The molecule has 0 bridgehead atoms. The molecule has 0 saturated carbocycles. The zero-order chi connectivity index (χ0) is 16.1. The number of amides is 1. The van der Waals surface area contributed by atoms with E-state index in [2.05, 4.69) is 5.32 Å². The topological polar surface area (TPSA) is 38.3 Å². The fourth-order valence-corrected chi connectivity index (χ4v) is 2.47. The van der Waals surface area contributed by atoms with Gasteiger partial charge in [0.25, 0.3) is 11.7 Å². The molecule has 116 valence electrons. The number of benzene rings is 2. The van der Waals surface area contributed by atoms with Crippen LogP contribution in [0.5, 0.6) is 5.75 Å². The average Bonchev–Trinajstić information content (AvgIpc) is 2.47. The highest BCUT2D eigenvalue weighted by Crippen LogP contribution is 2.27. The minimum absolute atomic E-state index is 0.322. The number of anilines is 1. The Hall–Kier alpha value is -2.08. The first-order chi connectivity index (χ1) is 10.5. The number of thioether (sulfide) groups is 1. The molecule has 0 fully saturated rings. The molecule has 0 saturated heterocycles. The molecule has 1 N–H and O–H groups in total. The van der Waals surface area contributed by atoms with Crippen LogP contribution in [0.4, 0.5) is 14.5 Å². The van der Waals surface area contributed by atoms with Crippen molar-refractivity contribution in [1.82, 2.24) is 0 Å². The zero-order valence-corrected chi connectivity index (χ0v) is 12.9. The van der Waals surface area contributed by atoms with Crippen molar-refractivity contribution < 1.29 is 18.3 Å². The first kappa shape index (κ1) is 16.3. The third-order valence-corrected chi connectivity index (χ3v) is 3.69. The van der Waals surface area contributed by atoms with Crippen molar-refractivity contribution >= 4 is 23.4 Å². The predicted molar refractivity (Wildman–Crippen MR) is 84.0 cm³/mol. The Bertz CT molecular complexity index is 677. The van der Waals surface area contributed by atoms with E-state index in [4.69, 9.17) is 4.74 Å². The standard InChI is InChI=1S/C16H15F2NO2S/c1-10-6-7-11(8-14(10)21-2)15(20)19-12-4-3-5-13(9-12)22-16(17)18/h3-9,16H,1-2H3,(H,19,20). The van der Waals surface area contributed by atoms with Crippen LogP contribution < -0.4 is 10.1 Å². The van der Waals surface area contributed by atoms with Gasteiger partial charge in [-0.05, 0) is 42.8 Å². The second kappa shape index (κ2) is 7.26. The Morgan fingerprint density at radius 3 is 2.68 bits per heavy atom. The zero-order valence-electron chi connectivity index (χ0n) is 12.1. The maximum atomic E-state index is 12.4. The lowest BCUT2D eigenvalue weighted by molar-refractivity contribution is 0.102. The van der Waals surface area contributed by atoms with Gasteiger partial charge in [-0.3, -0.25) is 4.79 Å². The Labute approximate surface area is 131 Å². The monoisotopic (exact) mass is 323 g/mol. The summed E-state index contributed by atoms with van der Waals surface area (Å²) >= 11 is 0.439. The molecule has 0 aromatic heterocycles. The van der Waals surface area contributed by atoms with Gasteiger partial charge in [-0.1, -0.05) is 23.9 Å². The number of hydrogen-bond donors (Lipinski definition) is 1. The van der Waals surface area contributed by atoms with Gasteiger partial charge in [0, 0.05) is 16.1 Å². The Kier molecular flexibility index (Phi) is 5.38. The van der Waals surface area contributed by atoms with E-state index in [-0.39, 0.29) is 5.91 Å². The highest BCUT2D eigenvalue weighted by Gasteiger charge is 2.10. The molecule has 0 atom stereocenters. The summed E-state index contributed by atoms with van der Waals surface area (Å²) in [4.78, 5) is 12.6. The van der Waals surface area contributed by atoms with Gasteiger partial charge in [0.1, 0.15) is 5.75 Å². The van der Waals surface area contributed by atoms with E-state index >= 15 is 0 Å². The fraction of sp³-hybridized carbons (Fsp3) is 0.188. The molecule has 2 rings (SSSR count). The van der Waals surface area contributed by atoms with Gasteiger partial charge >= 0.3 is 0 Å². The molecule has 22 heavy (non-hydrogen) atoms. The van der Waals surface area contributed by atoms with E-state index in [0.29, 0.717) is 33.7 Å². The number of ether oxygens (including phenoxy) is 1. The first-order valence-electron chi connectivity index (χ1n) is 6.50. The summed E-state index contributed by atoms with van der Waals surface area (Å²) in [5.41, 5.74) is 1.83. The summed E-state index contributed by atoms with van der Waals surface area (Å²) in [7, 11) is 1.54. The molecule has 0 radical (unpaired) electrons. The number of hydrogen-bond acceptors (Lipinski definition) is 3. The van der Waals surface area contributed by atoms with E-state index in [1.165, 1.54) is 13.2 Å². The Morgan fingerprint density at radius 2 is 2.00 bits per heavy atom. The molecule has 0 aliphatic rings. The van der Waals surface area contributed by atoms with Gasteiger partial charge in [-0.2, -0.15) is 8.78 Å². The number of carbonyl (C=O) groups is 1. The van der Waals surface area contributed by atoms with Gasteiger partial charge in [0.05, 0.1) is 7.11 Å². The van der Waals surface area contributed by atoms with Crippen molar-refractivity contribution in [2.24, 2.45) is 0 Å². The quantitative estimate of drug-likeness (QED) is 0.819. The average molecular weight is 323 g/mol. The van der Waals surface area contributed by atoms with E-state index < -0.39 is 5.76 Å². The summed E-state index contributed by atoms with van der Waals surface area (Å²) in [6.07, 6.45) is 0. The summed E-state index contributed by atoms with van der Waals surface area (Å²) in [6, 6.07) is 11.5. The molecule has 0 heterocycles. The summed E-state index contributed by atoms with van der Waals surface area (Å²) in [5.74, 6) is -2.19. The molecule has 1 amide bonds. The number of alkyl halides is 2. The molecule has 0 aliphatic carbocycles. The molecule has 2 aromatic carbocycles. The fourth-order valence-electron chi connectivity index (χ4n) is 1.91. The number of carbonyl (C=O) groups excluding carboxylic acids is 1. The van der Waals surface area contributed by atoms with Crippen LogP contribution in [0.2, 0.25) is 0 Å². The molecule has 0 unspecified atom stereocenters. The highest BCUT2D eigenvalue weighted by atomic mass is 32.2. The van der Waals surface area contributed by atoms with Gasteiger partial charge in [-0.25, -0.2) is 0 Å². The van der Waals surface area contributed by atoms with Crippen molar-refractivity contribution in [2.45, 2.75) is 17.6 Å². The van der Waals surface area contributed by atoms with Gasteiger partial charge < -0.3 is 10.1 Å². The maximum Gasteiger partial charge on any atom is 0.288 e. The first-order valence-corrected chi connectivity index (χ1v) is 7.38. The number of aryl methyl sites for hydroxylation is 1.